The Morgan fingerprint density at radius 3 is 1.57 bits per heavy atom. The second kappa shape index (κ2) is 21.8. The highest BCUT2D eigenvalue weighted by atomic mass is 31.3. The molecule has 0 spiro atoms. The van der Waals surface area contributed by atoms with Crippen LogP contribution in [-0.2, 0) is 72.3 Å². The van der Waals surface area contributed by atoms with E-state index in [4.69, 9.17) is 12.6 Å². The quantitative estimate of drug-likeness (QED) is 0.0322. The Kier molecular flexibility index (Phi) is 20.8. The van der Waals surface area contributed by atoms with Crippen LogP contribution in [0.4, 0.5) is 0 Å². The minimum absolute atomic E-state index is 0.0962. The van der Waals surface area contributed by atoms with Crippen molar-refractivity contribution in [2.75, 3.05) is 26.3 Å². The van der Waals surface area contributed by atoms with Crippen LogP contribution in [0.5, 0.6) is 0 Å². The van der Waals surface area contributed by atoms with Crippen molar-refractivity contribution in [3.63, 3.8) is 0 Å². The first-order valence-electron chi connectivity index (χ1n) is 14.7. The van der Waals surface area contributed by atoms with Crippen molar-refractivity contribution in [1.82, 2.24) is 10.6 Å². The van der Waals surface area contributed by atoms with E-state index in [1.165, 1.54) is 6.92 Å². The van der Waals surface area contributed by atoms with Gasteiger partial charge in [-0.2, -0.15) is 21.6 Å². The van der Waals surface area contributed by atoms with Gasteiger partial charge in [0.25, 0.3) is 0 Å². The molecule has 51 heavy (non-hydrogen) atoms. The highest BCUT2D eigenvalue weighted by molar-refractivity contribution is 7.72. The Morgan fingerprint density at radius 2 is 1.10 bits per heavy atom. The Bertz CT molecular complexity index is 1440. The van der Waals surface area contributed by atoms with Crippen molar-refractivity contribution in [2.24, 2.45) is 0 Å². The highest BCUT2D eigenvalue weighted by Gasteiger charge is 2.49. The third-order valence-corrected chi connectivity index (χ3v) is 15.0. The molecule has 298 valence electrons. The number of aliphatic hydroxyl groups is 1. The van der Waals surface area contributed by atoms with E-state index in [9.17, 15) is 71.4 Å². The molecule has 25 nitrogen and oxygen atoms in total. The average Bonchev–Trinajstić information content (AvgIpc) is 3.23. The number of amides is 2. The Morgan fingerprint density at radius 1 is 0.667 bits per heavy atom. The summed E-state index contributed by atoms with van der Waals surface area (Å²) >= 11 is 0. The topological polar surface area (TPSA) is 376 Å². The Labute approximate surface area is 293 Å². The second-order valence-electron chi connectivity index (χ2n) is 10.4. The first-order chi connectivity index (χ1) is 23.2. The lowest BCUT2D eigenvalue weighted by Gasteiger charge is -2.21. The van der Waals surface area contributed by atoms with Gasteiger partial charge >= 0.3 is 46.9 Å². The van der Waals surface area contributed by atoms with E-state index in [1.54, 1.807) is 0 Å². The maximum atomic E-state index is 12.0. The zero-order valence-corrected chi connectivity index (χ0v) is 32.2. The molecule has 0 aliphatic carbocycles. The number of nitrogens with one attached hydrogen (secondary N) is 2. The van der Waals surface area contributed by atoms with Gasteiger partial charge in [0, 0.05) is 32.4 Å². The number of hydrogen-bond donors (Lipinski definition) is 9. The summed E-state index contributed by atoms with van der Waals surface area (Å²) < 4.78 is 104. The number of carbonyl (C=O) groups excluding carboxylic acids is 2. The van der Waals surface area contributed by atoms with Gasteiger partial charge in [-0.15, -0.1) is 0 Å². The van der Waals surface area contributed by atoms with Gasteiger partial charge in [0.15, 0.2) is 0 Å². The molecule has 0 aromatic heterocycles. The van der Waals surface area contributed by atoms with Crippen molar-refractivity contribution in [3.05, 3.63) is 0 Å². The monoisotopic (exact) mass is 862 g/mol. The smallest absolute Gasteiger partial charge is 0.390 e. The fraction of sp³-hybridized carbons (Fsp3) is 0.895. The van der Waals surface area contributed by atoms with Crippen LogP contribution in [-0.4, -0.2) is 98.6 Å². The van der Waals surface area contributed by atoms with Gasteiger partial charge in [0.1, 0.15) is 14.0 Å². The van der Waals surface area contributed by atoms with E-state index in [-0.39, 0.29) is 24.7 Å². The van der Waals surface area contributed by atoms with E-state index >= 15 is 0 Å². The third kappa shape index (κ3) is 24.0. The molecule has 0 bridgehead atoms. The number of aliphatic hydroxyl groups excluding tert-OH is 1. The molecule has 1 aliphatic rings. The van der Waals surface area contributed by atoms with E-state index in [1.807, 2.05) is 0 Å². The van der Waals surface area contributed by atoms with Gasteiger partial charge < -0.3 is 49.8 Å². The van der Waals surface area contributed by atoms with Gasteiger partial charge in [-0.05, 0) is 32.1 Å². The lowest BCUT2D eigenvalue weighted by atomic mass is 9.96. The van der Waals surface area contributed by atoms with Gasteiger partial charge in [-0.25, -0.2) is 27.4 Å². The fourth-order valence-electron chi connectivity index (χ4n) is 3.77. The number of hydrogen-bond acceptors (Lipinski definition) is 17. The van der Waals surface area contributed by atoms with Crippen molar-refractivity contribution in [3.8, 4) is 0 Å². The van der Waals surface area contributed by atoms with Crippen LogP contribution < -0.4 is 10.6 Å². The molecule has 9 atom stereocenters. The maximum absolute atomic E-state index is 12.0. The molecule has 1 aliphatic heterocycles. The summed E-state index contributed by atoms with van der Waals surface area (Å²) in [5.41, 5.74) is 0. The molecule has 1 rings (SSSR count). The number of phosphoric acid groups is 6. The van der Waals surface area contributed by atoms with Crippen molar-refractivity contribution in [1.29, 1.82) is 0 Å². The predicted octanol–water partition coefficient (Wildman–Crippen LogP) is 1.72. The summed E-state index contributed by atoms with van der Waals surface area (Å²) in [7, 11) is -30.9. The van der Waals surface area contributed by atoms with Crippen LogP contribution in [0.3, 0.4) is 0 Å². The molecule has 6 unspecified atom stereocenters. The first-order valence-corrected chi connectivity index (χ1v) is 23.6. The Hall–Kier alpha value is -0.215. The summed E-state index contributed by atoms with van der Waals surface area (Å²) in [5.74, 6) is -0.279. The average molecular weight is 862 g/mol. The molecule has 2 amide bonds. The van der Waals surface area contributed by atoms with Crippen molar-refractivity contribution < 1.29 is 107 Å². The summed E-state index contributed by atoms with van der Waals surface area (Å²) in [4.78, 5) is 80.0. The molecule has 32 heteroatoms. The van der Waals surface area contributed by atoms with Crippen LogP contribution >= 0.6 is 46.9 Å². The van der Waals surface area contributed by atoms with Crippen LogP contribution in [0.1, 0.15) is 64.7 Å². The SMILES string of the molecule is [B][C@H]1C[C@@H](O)[C@@H](COP(=O)(O)OP(=O)(O)OP(=O)(O)OP(=O)(O)OP(=O)(O)OP(=O)(O)OCCCCCCNC(=O)CCCCCNC(C)=O)O1. The molecule has 0 saturated carbocycles. The van der Waals surface area contributed by atoms with Crippen molar-refractivity contribution in [2.45, 2.75) is 82.9 Å². The molecule has 0 aromatic carbocycles. The second-order valence-corrected chi connectivity index (χ2v) is 19.8. The lowest BCUT2D eigenvalue weighted by molar-refractivity contribution is -0.121. The lowest BCUT2D eigenvalue weighted by Crippen LogP contribution is -2.26. The van der Waals surface area contributed by atoms with E-state index in [0.717, 1.165) is 12.8 Å². The van der Waals surface area contributed by atoms with E-state index in [2.05, 4.69) is 41.2 Å². The summed E-state index contributed by atoms with van der Waals surface area (Å²) in [5, 5.41) is 15.0. The van der Waals surface area contributed by atoms with Gasteiger partial charge in [0.05, 0.1) is 19.3 Å². The zero-order valence-electron chi connectivity index (χ0n) is 26.8. The van der Waals surface area contributed by atoms with Gasteiger partial charge in [-0.1, -0.05) is 19.3 Å². The molecular formula is C19H41BN2O23P6. The standard InChI is InChI=1S/C19H41BN2O23P6/c1-15(23)21-10-7-4-5-9-19(25)22-11-6-2-3-8-12-38-46(26,27)41-48(30,31)43-50(34,35)45-51(36,37)44-49(32,33)42-47(28,29)39-14-17-16(24)13-18(20)40-17/h16-18,24H,2-14H2,1H3,(H,21,23)(H,22,25)(H,26,27)(H,28,29)(H,30,31)(H,32,33)(H,34,35)(H,36,37)/t16-,17-,18-/m1/s1. The zero-order chi connectivity index (χ0) is 39.2. The van der Waals surface area contributed by atoms with Crippen LogP contribution in [0.25, 0.3) is 0 Å². The minimum Gasteiger partial charge on any atom is -0.390 e. The van der Waals surface area contributed by atoms with E-state index < -0.39 is 78.4 Å². The largest absolute Gasteiger partial charge is 0.490 e. The molecular weight excluding hydrogens is 821 g/mol. The molecule has 1 saturated heterocycles. The molecule has 0 aromatic rings. The van der Waals surface area contributed by atoms with Crippen LogP contribution in [0.2, 0.25) is 0 Å². The normalized spacial score (nSPS) is 24.9. The first kappa shape index (κ1) is 48.8. The summed E-state index contributed by atoms with van der Waals surface area (Å²) in [6.45, 7) is 0.801. The highest BCUT2D eigenvalue weighted by Crippen LogP contribution is 2.75. The number of unbranched alkanes of at least 4 members (excludes halogenated alkanes) is 5. The summed E-state index contributed by atoms with van der Waals surface area (Å²) in [6, 6.07) is -0.976. The fourth-order valence-corrected chi connectivity index (χ4v) is 11.6. The number of ether oxygens (including phenoxy) is 1. The number of carbonyl (C=O) groups is 2. The summed E-state index contributed by atoms with van der Waals surface area (Å²) in [6.07, 6.45) is 1.34. The van der Waals surface area contributed by atoms with E-state index in [0.29, 0.717) is 45.2 Å². The van der Waals surface area contributed by atoms with Gasteiger partial charge in [0.2, 0.25) is 11.8 Å². The number of phosphoric ester groups is 2. The van der Waals surface area contributed by atoms with Gasteiger partial charge in [-0.3, -0.25) is 18.6 Å². The maximum Gasteiger partial charge on any atom is 0.490 e. The Balaban J connectivity index is 2.42. The third-order valence-electron chi connectivity index (χ3n) is 5.79. The van der Waals surface area contributed by atoms with Crippen LogP contribution in [0, 0.1) is 0 Å². The molecule has 1 heterocycles. The minimum atomic E-state index is -6.40. The molecule has 1 fully saturated rings. The van der Waals surface area contributed by atoms with Crippen LogP contribution in [0.15, 0.2) is 0 Å². The number of rotatable bonds is 27. The predicted molar refractivity (Wildman–Crippen MR) is 170 cm³/mol. The molecule has 9 N–H and O–H groups in total. The van der Waals surface area contributed by atoms with Crippen molar-refractivity contribution >= 4 is 66.6 Å². The molecule has 2 radical (unpaired) electrons.